The number of anilines is 4. The lowest BCUT2D eigenvalue weighted by Crippen LogP contribution is -2.13. The van der Waals surface area contributed by atoms with Gasteiger partial charge in [-0.1, -0.05) is 39.0 Å². The van der Waals surface area contributed by atoms with Crippen LogP contribution >= 0.6 is 0 Å². The first-order valence-corrected chi connectivity index (χ1v) is 9.08. The maximum absolute atomic E-state index is 5.42. The number of methoxy groups -OCH3 is 2. The first-order valence-electron chi connectivity index (χ1n) is 9.08. The Labute approximate surface area is 166 Å². The van der Waals surface area contributed by atoms with E-state index in [-0.39, 0.29) is 5.41 Å². The van der Waals surface area contributed by atoms with Crippen LogP contribution in [0.1, 0.15) is 26.3 Å². The minimum Gasteiger partial charge on any atom is -0.497 e. The fourth-order valence-corrected chi connectivity index (χ4v) is 2.93. The number of rotatable bonds is 6. The molecule has 0 unspecified atom stereocenters. The van der Waals surface area contributed by atoms with Gasteiger partial charge in [-0.2, -0.15) is 0 Å². The second-order valence-corrected chi connectivity index (χ2v) is 7.40. The first kappa shape index (κ1) is 19.5. The summed E-state index contributed by atoms with van der Waals surface area (Å²) >= 11 is 0. The minimum absolute atomic E-state index is 0.0195. The van der Waals surface area contributed by atoms with Gasteiger partial charge in [0, 0.05) is 17.8 Å². The predicted molar refractivity (Wildman–Crippen MR) is 113 cm³/mol. The van der Waals surface area contributed by atoms with E-state index in [2.05, 4.69) is 53.5 Å². The Morgan fingerprint density at radius 1 is 0.786 bits per heavy atom. The van der Waals surface area contributed by atoms with E-state index >= 15 is 0 Å². The van der Waals surface area contributed by atoms with Crippen molar-refractivity contribution in [3.63, 3.8) is 0 Å². The van der Waals surface area contributed by atoms with E-state index in [1.54, 1.807) is 14.2 Å². The van der Waals surface area contributed by atoms with Crippen LogP contribution in [-0.2, 0) is 5.41 Å². The third kappa shape index (κ3) is 4.52. The summed E-state index contributed by atoms with van der Waals surface area (Å²) in [6.07, 6.45) is 1.52. The standard InChI is InChI=1S/C22H26N4O2/c1-22(2,3)16-8-6-7-9-17(16)25-20-13-21(24-14-23-20)26-18-12-15(27-4)10-11-19(18)28-5/h6-14H,1-5H3,(H2,23,24,25,26). The highest BCUT2D eigenvalue weighted by atomic mass is 16.5. The molecule has 0 bridgehead atoms. The number of hydrogen-bond acceptors (Lipinski definition) is 6. The number of hydrogen-bond donors (Lipinski definition) is 2. The van der Waals surface area contributed by atoms with Crippen LogP contribution < -0.4 is 20.1 Å². The summed E-state index contributed by atoms with van der Waals surface area (Å²) in [6, 6.07) is 15.7. The van der Waals surface area contributed by atoms with Crippen molar-refractivity contribution in [2.24, 2.45) is 0 Å². The molecule has 0 atom stereocenters. The SMILES string of the molecule is COc1ccc(OC)c(Nc2cc(Nc3ccccc3C(C)(C)C)ncn2)c1. The lowest BCUT2D eigenvalue weighted by atomic mass is 9.86. The average Bonchev–Trinajstić information content (AvgIpc) is 2.68. The maximum atomic E-state index is 5.42. The quantitative estimate of drug-likeness (QED) is 0.608. The Hall–Kier alpha value is -3.28. The first-order chi connectivity index (χ1) is 13.4. The van der Waals surface area contributed by atoms with Crippen LogP contribution in [0.4, 0.5) is 23.0 Å². The molecule has 6 nitrogen and oxygen atoms in total. The Kier molecular flexibility index (Phi) is 5.68. The van der Waals surface area contributed by atoms with E-state index in [1.165, 1.54) is 11.9 Å². The van der Waals surface area contributed by atoms with Crippen LogP contribution in [0.2, 0.25) is 0 Å². The highest BCUT2D eigenvalue weighted by molar-refractivity contribution is 5.69. The number of benzene rings is 2. The molecule has 0 aliphatic rings. The number of nitrogens with zero attached hydrogens (tertiary/aromatic N) is 2. The molecule has 0 fully saturated rings. The Bertz CT molecular complexity index is 951. The second kappa shape index (κ2) is 8.17. The molecule has 0 saturated heterocycles. The van der Waals surface area contributed by atoms with Gasteiger partial charge in [0.1, 0.15) is 29.5 Å². The molecule has 0 aliphatic carbocycles. The van der Waals surface area contributed by atoms with Crippen LogP contribution in [0.5, 0.6) is 11.5 Å². The van der Waals surface area contributed by atoms with E-state index in [9.17, 15) is 0 Å². The van der Waals surface area contributed by atoms with Gasteiger partial charge in [0.25, 0.3) is 0 Å². The number of para-hydroxylation sites is 1. The molecule has 0 amide bonds. The molecule has 2 aromatic carbocycles. The van der Waals surface area contributed by atoms with Gasteiger partial charge in [-0.05, 0) is 29.2 Å². The lowest BCUT2D eigenvalue weighted by Gasteiger charge is -2.23. The predicted octanol–water partition coefficient (Wildman–Crippen LogP) is 5.28. The van der Waals surface area contributed by atoms with Crippen LogP contribution in [-0.4, -0.2) is 24.2 Å². The van der Waals surface area contributed by atoms with Gasteiger partial charge in [0.15, 0.2) is 0 Å². The molecule has 0 saturated carbocycles. The molecule has 1 aromatic heterocycles. The smallest absolute Gasteiger partial charge is 0.142 e. The molecule has 28 heavy (non-hydrogen) atoms. The molecule has 0 aliphatic heterocycles. The Morgan fingerprint density at radius 2 is 1.46 bits per heavy atom. The number of ether oxygens (including phenoxy) is 2. The van der Waals surface area contributed by atoms with Gasteiger partial charge in [0.05, 0.1) is 19.9 Å². The van der Waals surface area contributed by atoms with Crippen molar-refractivity contribution in [2.75, 3.05) is 24.9 Å². The van der Waals surface area contributed by atoms with Crippen molar-refractivity contribution in [1.82, 2.24) is 9.97 Å². The summed E-state index contributed by atoms with van der Waals surface area (Å²) in [7, 11) is 3.26. The van der Waals surface area contributed by atoms with Gasteiger partial charge in [-0.15, -0.1) is 0 Å². The van der Waals surface area contributed by atoms with Gasteiger partial charge in [-0.25, -0.2) is 9.97 Å². The average molecular weight is 378 g/mol. The normalized spacial score (nSPS) is 11.0. The second-order valence-electron chi connectivity index (χ2n) is 7.40. The van der Waals surface area contributed by atoms with E-state index in [0.717, 1.165) is 17.1 Å². The van der Waals surface area contributed by atoms with Crippen LogP contribution in [0.3, 0.4) is 0 Å². The topological polar surface area (TPSA) is 68.3 Å². The van der Waals surface area contributed by atoms with Crippen molar-refractivity contribution >= 4 is 23.0 Å². The highest BCUT2D eigenvalue weighted by Crippen LogP contribution is 2.33. The third-order valence-corrected chi connectivity index (χ3v) is 4.33. The molecule has 2 N–H and O–H groups in total. The molecule has 0 spiro atoms. The Balaban J connectivity index is 1.87. The van der Waals surface area contributed by atoms with Crippen molar-refractivity contribution in [3.8, 4) is 11.5 Å². The lowest BCUT2D eigenvalue weighted by molar-refractivity contribution is 0.405. The zero-order chi connectivity index (χ0) is 20.1. The van der Waals surface area contributed by atoms with Crippen molar-refractivity contribution < 1.29 is 9.47 Å². The monoisotopic (exact) mass is 378 g/mol. The molecule has 3 rings (SSSR count). The molecule has 3 aromatic rings. The summed E-state index contributed by atoms with van der Waals surface area (Å²) < 4.78 is 10.7. The zero-order valence-electron chi connectivity index (χ0n) is 16.9. The molecule has 1 heterocycles. The highest BCUT2D eigenvalue weighted by Gasteiger charge is 2.17. The van der Waals surface area contributed by atoms with Crippen LogP contribution in [0.25, 0.3) is 0 Å². The van der Waals surface area contributed by atoms with E-state index < -0.39 is 0 Å². The third-order valence-electron chi connectivity index (χ3n) is 4.33. The van der Waals surface area contributed by atoms with Crippen molar-refractivity contribution in [3.05, 3.63) is 60.4 Å². The summed E-state index contributed by atoms with van der Waals surface area (Å²) in [4.78, 5) is 8.68. The van der Waals surface area contributed by atoms with E-state index in [4.69, 9.17) is 9.47 Å². The van der Waals surface area contributed by atoms with Gasteiger partial charge in [0.2, 0.25) is 0 Å². The fraction of sp³-hybridized carbons (Fsp3) is 0.273. The molecule has 146 valence electrons. The van der Waals surface area contributed by atoms with E-state index in [1.807, 2.05) is 36.4 Å². The van der Waals surface area contributed by atoms with E-state index in [0.29, 0.717) is 17.4 Å². The molecular weight excluding hydrogens is 352 g/mol. The van der Waals surface area contributed by atoms with Gasteiger partial charge < -0.3 is 20.1 Å². The molecular formula is C22H26N4O2. The van der Waals surface area contributed by atoms with Gasteiger partial charge >= 0.3 is 0 Å². The largest absolute Gasteiger partial charge is 0.497 e. The number of nitrogens with one attached hydrogen (secondary N) is 2. The summed E-state index contributed by atoms with van der Waals surface area (Å²) in [5, 5.41) is 6.68. The van der Waals surface area contributed by atoms with Crippen LogP contribution in [0, 0.1) is 0 Å². The zero-order valence-corrected chi connectivity index (χ0v) is 16.9. The summed E-state index contributed by atoms with van der Waals surface area (Å²) in [6.45, 7) is 6.57. The van der Waals surface area contributed by atoms with Crippen molar-refractivity contribution in [1.29, 1.82) is 0 Å². The Morgan fingerprint density at radius 3 is 2.11 bits per heavy atom. The van der Waals surface area contributed by atoms with Gasteiger partial charge in [-0.3, -0.25) is 0 Å². The minimum atomic E-state index is 0.0195. The number of aromatic nitrogens is 2. The molecule has 0 radical (unpaired) electrons. The summed E-state index contributed by atoms with van der Waals surface area (Å²) in [5.41, 5.74) is 3.03. The maximum Gasteiger partial charge on any atom is 0.142 e. The molecule has 6 heteroatoms. The van der Waals surface area contributed by atoms with Crippen molar-refractivity contribution in [2.45, 2.75) is 26.2 Å². The summed E-state index contributed by atoms with van der Waals surface area (Å²) in [5.74, 6) is 2.79. The fourth-order valence-electron chi connectivity index (χ4n) is 2.93. The van der Waals surface area contributed by atoms with Crippen LogP contribution in [0.15, 0.2) is 54.9 Å².